The van der Waals surface area contributed by atoms with Crippen molar-refractivity contribution in [1.29, 1.82) is 0 Å². The number of benzene rings is 1. The summed E-state index contributed by atoms with van der Waals surface area (Å²) in [5.41, 5.74) is 5.99. The SMILES string of the molecule is COc1ccc(F)cc1/C=C/CN. The summed E-state index contributed by atoms with van der Waals surface area (Å²) in [6.07, 6.45) is 3.49. The Hall–Kier alpha value is -1.35. The minimum Gasteiger partial charge on any atom is -0.496 e. The maximum absolute atomic E-state index is 12.8. The first kappa shape index (κ1) is 9.74. The van der Waals surface area contributed by atoms with Gasteiger partial charge < -0.3 is 10.5 Å². The van der Waals surface area contributed by atoms with Gasteiger partial charge in [-0.2, -0.15) is 0 Å². The van der Waals surface area contributed by atoms with Crippen LogP contribution in [0.3, 0.4) is 0 Å². The van der Waals surface area contributed by atoms with Crippen LogP contribution in [0.25, 0.3) is 6.08 Å². The van der Waals surface area contributed by atoms with Crippen molar-refractivity contribution in [1.82, 2.24) is 0 Å². The Bertz CT molecular complexity index is 310. The maximum atomic E-state index is 12.8. The molecule has 0 aliphatic carbocycles. The van der Waals surface area contributed by atoms with E-state index in [1.807, 2.05) is 0 Å². The molecule has 2 N–H and O–H groups in total. The minimum atomic E-state index is -0.280. The lowest BCUT2D eigenvalue weighted by molar-refractivity contribution is 0.412. The van der Waals surface area contributed by atoms with Crippen LogP contribution in [0.4, 0.5) is 4.39 Å². The molecule has 0 fully saturated rings. The highest BCUT2D eigenvalue weighted by molar-refractivity contribution is 5.57. The number of nitrogens with two attached hydrogens (primary N) is 1. The maximum Gasteiger partial charge on any atom is 0.126 e. The van der Waals surface area contributed by atoms with Gasteiger partial charge in [0.25, 0.3) is 0 Å². The summed E-state index contributed by atoms with van der Waals surface area (Å²) in [5, 5.41) is 0. The predicted octanol–water partition coefficient (Wildman–Crippen LogP) is 1.81. The lowest BCUT2D eigenvalue weighted by Gasteiger charge is -2.03. The number of hydrogen-bond acceptors (Lipinski definition) is 2. The first-order valence-electron chi connectivity index (χ1n) is 3.98. The predicted molar refractivity (Wildman–Crippen MR) is 51.0 cm³/mol. The highest BCUT2D eigenvalue weighted by atomic mass is 19.1. The average molecular weight is 181 g/mol. The number of methoxy groups -OCH3 is 1. The van der Waals surface area contributed by atoms with Crippen LogP contribution in [-0.4, -0.2) is 13.7 Å². The van der Waals surface area contributed by atoms with E-state index in [9.17, 15) is 4.39 Å². The molecule has 0 saturated heterocycles. The van der Waals surface area contributed by atoms with E-state index in [2.05, 4.69) is 0 Å². The smallest absolute Gasteiger partial charge is 0.126 e. The van der Waals surface area contributed by atoms with Gasteiger partial charge in [0.05, 0.1) is 7.11 Å². The third-order valence-electron chi connectivity index (χ3n) is 1.63. The fourth-order valence-electron chi connectivity index (χ4n) is 1.03. The van der Waals surface area contributed by atoms with Crippen LogP contribution in [0.15, 0.2) is 24.3 Å². The zero-order valence-electron chi connectivity index (χ0n) is 7.46. The van der Waals surface area contributed by atoms with Gasteiger partial charge in [-0.15, -0.1) is 0 Å². The highest BCUT2D eigenvalue weighted by Crippen LogP contribution is 2.20. The summed E-state index contributed by atoms with van der Waals surface area (Å²) >= 11 is 0. The zero-order valence-corrected chi connectivity index (χ0v) is 7.46. The van der Waals surface area contributed by atoms with Crippen molar-refractivity contribution in [2.75, 3.05) is 13.7 Å². The molecule has 0 radical (unpaired) electrons. The van der Waals surface area contributed by atoms with Gasteiger partial charge in [-0.25, -0.2) is 4.39 Å². The molecular formula is C10H12FNO. The summed E-state index contributed by atoms with van der Waals surface area (Å²) in [5.74, 6) is 0.364. The fraction of sp³-hybridized carbons (Fsp3) is 0.200. The van der Waals surface area contributed by atoms with Gasteiger partial charge in [-0.1, -0.05) is 12.2 Å². The molecule has 1 aromatic carbocycles. The van der Waals surface area contributed by atoms with E-state index in [4.69, 9.17) is 10.5 Å². The Morgan fingerprint density at radius 3 is 2.92 bits per heavy atom. The minimum absolute atomic E-state index is 0.280. The molecule has 0 saturated carbocycles. The van der Waals surface area contributed by atoms with Gasteiger partial charge in [-0.05, 0) is 18.2 Å². The van der Waals surface area contributed by atoms with E-state index < -0.39 is 0 Å². The van der Waals surface area contributed by atoms with Crippen molar-refractivity contribution < 1.29 is 9.13 Å². The topological polar surface area (TPSA) is 35.2 Å². The first-order valence-corrected chi connectivity index (χ1v) is 3.98. The van der Waals surface area contributed by atoms with Crippen LogP contribution in [0.2, 0.25) is 0 Å². The Balaban J connectivity index is 3.01. The molecule has 1 rings (SSSR count). The van der Waals surface area contributed by atoms with Crippen LogP contribution in [0.5, 0.6) is 5.75 Å². The molecular weight excluding hydrogens is 169 g/mol. The lowest BCUT2D eigenvalue weighted by atomic mass is 10.2. The second kappa shape index (κ2) is 4.62. The number of rotatable bonds is 3. The van der Waals surface area contributed by atoms with Gasteiger partial charge >= 0.3 is 0 Å². The van der Waals surface area contributed by atoms with E-state index in [0.29, 0.717) is 17.9 Å². The Kier molecular flexibility index (Phi) is 3.46. The normalized spacial score (nSPS) is 10.7. The molecule has 0 amide bonds. The third-order valence-corrected chi connectivity index (χ3v) is 1.63. The monoisotopic (exact) mass is 181 g/mol. The van der Waals surface area contributed by atoms with Crippen LogP contribution >= 0.6 is 0 Å². The number of halogens is 1. The van der Waals surface area contributed by atoms with Gasteiger partial charge in [0.1, 0.15) is 11.6 Å². The second-order valence-corrected chi connectivity index (χ2v) is 2.52. The molecule has 0 aliphatic rings. The molecule has 0 aliphatic heterocycles. The van der Waals surface area contributed by atoms with Crippen LogP contribution in [-0.2, 0) is 0 Å². The summed E-state index contributed by atoms with van der Waals surface area (Å²) in [4.78, 5) is 0. The van der Waals surface area contributed by atoms with Crippen molar-refractivity contribution in [3.63, 3.8) is 0 Å². The Labute approximate surface area is 76.8 Å². The molecule has 1 aromatic rings. The van der Waals surface area contributed by atoms with E-state index in [1.165, 1.54) is 12.1 Å². The molecule has 0 unspecified atom stereocenters. The van der Waals surface area contributed by atoms with Gasteiger partial charge in [0.15, 0.2) is 0 Å². The van der Waals surface area contributed by atoms with E-state index in [0.717, 1.165) is 0 Å². The molecule has 0 atom stereocenters. The number of ether oxygens (including phenoxy) is 1. The van der Waals surface area contributed by atoms with Crippen molar-refractivity contribution in [2.24, 2.45) is 5.73 Å². The fourth-order valence-corrected chi connectivity index (χ4v) is 1.03. The molecule has 0 spiro atoms. The molecule has 3 heteroatoms. The highest BCUT2D eigenvalue weighted by Gasteiger charge is 1.99. The summed E-state index contributed by atoms with van der Waals surface area (Å²) in [7, 11) is 1.55. The van der Waals surface area contributed by atoms with E-state index in [-0.39, 0.29) is 5.82 Å². The third kappa shape index (κ3) is 2.56. The molecule has 0 bridgehead atoms. The lowest BCUT2D eigenvalue weighted by Crippen LogP contribution is -1.93. The molecule has 70 valence electrons. The van der Waals surface area contributed by atoms with Crippen molar-refractivity contribution in [3.8, 4) is 5.75 Å². The van der Waals surface area contributed by atoms with E-state index in [1.54, 1.807) is 25.3 Å². The largest absolute Gasteiger partial charge is 0.496 e. The molecule has 2 nitrogen and oxygen atoms in total. The summed E-state index contributed by atoms with van der Waals surface area (Å²) in [6, 6.07) is 4.36. The second-order valence-electron chi connectivity index (χ2n) is 2.52. The van der Waals surface area contributed by atoms with Gasteiger partial charge in [-0.3, -0.25) is 0 Å². The van der Waals surface area contributed by atoms with Crippen molar-refractivity contribution >= 4 is 6.08 Å². The van der Waals surface area contributed by atoms with Crippen molar-refractivity contribution in [2.45, 2.75) is 0 Å². The zero-order chi connectivity index (χ0) is 9.68. The van der Waals surface area contributed by atoms with Crippen LogP contribution in [0.1, 0.15) is 5.56 Å². The Morgan fingerprint density at radius 2 is 2.31 bits per heavy atom. The Morgan fingerprint density at radius 1 is 1.54 bits per heavy atom. The van der Waals surface area contributed by atoms with Gasteiger partial charge in [0.2, 0.25) is 0 Å². The molecule has 13 heavy (non-hydrogen) atoms. The van der Waals surface area contributed by atoms with E-state index >= 15 is 0 Å². The average Bonchev–Trinajstić information content (AvgIpc) is 2.15. The number of hydrogen-bond donors (Lipinski definition) is 1. The first-order chi connectivity index (χ1) is 6.27. The van der Waals surface area contributed by atoms with Crippen molar-refractivity contribution in [3.05, 3.63) is 35.7 Å². The molecule has 0 aromatic heterocycles. The van der Waals surface area contributed by atoms with Gasteiger partial charge in [0, 0.05) is 12.1 Å². The quantitative estimate of drug-likeness (QED) is 0.771. The molecule has 0 heterocycles. The summed E-state index contributed by atoms with van der Waals surface area (Å²) in [6.45, 7) is 0.430. The van der Waals surface area contributed by atoms with Crippen LogP contribution < -0.4 is 10.5 Å². The summed E-state index contributed by atoms with van der Waals surface area (Å²) < 4.78 is 17.8. The standard InChI is InChI=1S/C10H12FNO/c1-13-10-5-4-9(11)7-8(10)3-2-6-12/h2-5,7H,6,12H2,1H3/b3-2+. The van der Waals surface area contributed by atoms with Crippen LogP contribution in [0, 0.1) is 5.82 Å².